The van der Waals surface area contributed by atoms with Crippen LogP contribution in [0.25, 0.3) is 16.9 Å². The van der Waals surface area contributed by atoms with Gasteiger partial charge in [-0.15, -0.1) is 5.10 Å². The predicted octanol–water partition coefficient (Wildman–Crippen LogP) is 1.98. The third-order valence-corrected chi connectivity index (χ3v) is 6.28. The maximum atomic E-state index is 13.8. The number of hydrogen-bond donors (Lipinski definition) is 1. The van der Waals surface area contributed by atoms with Gasteiger partial charge in [0.15, 0.2) is 11.6 Å². The molecule has 0 atom stereocenters. The Kier molecular flexibility index (Phi) is 6.04. The molecule has 2 fully saturated rings. The van der Waals surface area contributed by atoms with Gasteiger partial charge in [-0.05, 0) is 24.7 Å². The Morgan fingerprint density at radius 2 is 1.79 bits per heavy atom. The molecular weight excluding hydrogens is 449 g/mol. The normalized spacial score (nSPS) is 18.6. The van der Waals surface area contributed by atoms with Gasteiger partial charge in [0, 0.05) is 58.2 Å². The van der Waals surface area contributed by atoms with Crippen molar-refractivity contribution < 1.29 is 17.9 Å². The summed E-state index contributed by atoms with van der Waals surface area (Å²) in [6, 6.07) is 2.85. The number of morpholine rings is 1. The number of anilines is 2. The van der Waals surface area contributed by atoms with E-state index in [2.05, 4.69) is 31.9 Å². The van der Waals surface area contributed by atoms with Gasteiger partial charge in [0.1, 0.15) is 11.3 Å². The topological polar surface area (TPSA) is 88.0 Å². The zero-order chi connectivity index (χ0) is 23.9. The summed E-state index contributed by atoms with van der Waals surface area (Å²) in [4.78, 5) is 15.2. The number of nitrogen functional groups attached to an aromatic ring is 1. The molecule has 2 aliphatic rings. The molecule has 5 rings (SSSR count). The van der Waals surface area contributed by atoms with E-state index in [4.69, 9.17) is 10.5 Å². The number of halogens is 3. The van der Waals surface area contributed by atoms with Crippen molar-refractivity contribution in [2.75, 3.05) is 70.2 Å². The van der Waals surface area contributed by atoms with Gasteiger partial charge >= 0.3 is 6.18 Å². The number of hydrogen-bond acceptors (Lipinski definition) is 8. The predicted molar refractivity (Wildman–Crippen MR) is 121 cm³/mol. The van der Waals surface area contributed by atoms with E-state index in [1.165, 1.54) is 0 Å². The Morgan fingerprint density at radius 3 is 2.50 bits per heavy atom. The van der Waals surface area contributed by atoms with Crippen LogP contribution in [0.4, 0.5) is 24.8 Å². The van der Waals surface area contributed by atoms with Crippen molar-refractivity contribution >= 4 is 17.2 Å². The van der Waals surface area contributed by atoms with Gasteiger partial charge in [-0.3, -0.25) is 4.90 Å². The lowest BCUT2D eigenvalue weighted by molar-refractivity contribution is -0.137. The van der Waals surface area contributed by atoms with E-state index in [0.717, 1.165) is 56.1 Å². The lowest BCUT2D eigenvalue weighted by atomic mass is 10.1. The molecule has 2 saturated heterocycles. The minimum Gasteiger partial charge on any atom is -0.384 e. The van der Waals surface area contributed by atoms with Crippen LogP contribution in [0.15, 0.2) is 24.5 Å². The average Bonchev–Trinajstić information content (AvgIpc) is 3.22. The van der Waals surface area contributed by atoms with Crippen LogP contribution >= 0.6 is 0 Å². The smallest absolute Gasteiger partial charge is 0.384 e. The van der Waals surface area contributed by atoms with Gasteiger partial charge in [0.25, 0.3) is 0 Å². The van der Waals surface area contributed by atoms with Gasteiger partial charge in [-0.1, -0.05) is 0 Å². The second kappa shape index (κ2) is 9.01. The highest BCUT2D eigenvalue weighted by Gasteiger charge is 2.35. The SMILES string of the molecule is CN1CCN(Cc2cc3c(N4CCOCC4)nc(-c4cnc(N)cc4C(F)(F)F)nn3c2)CC1. The van der Waals surface area contributed by atoms with Crippen LogP contribution in [-0.4, -0.2) is 88.9 Å². The molecule has 2 aliphatic heterocycles. The average molecular weight is 477 g/mol. The molecule has 3 aromatic rings. The first-order chi connectivity index (χ1) is 16.3. The summed E-state index contributed by atoms with van der Waals surface area (Å²) in [6.45, 7) is 6.90. The number of rotatable bonds is 4. The molecule has 0 saturated carbocycles. The van der Waals surface area contributed by atoms with Crippen molar-refractivity contribution in [1.82, 2.24) is 29.4 Å². The van der Waals surface area contributed by atoms with Crippen molar-refractivity contribution in [3.63, 3.8) is 0 Å². The molecular formula is C22H27F3N8O. The molecule has 0 aromatic carbocycles. The van der Waals surface area contributed by atoms with Crippen LogP contribution in [-0.2, 0) is 17.5 Å². The van der Waals surface area contributed by atoms with Crippen LogP contribution in [0.5, 0.6) is 0 Å². The van der Waals surface area contributed by atoms with Crippen LogP contribution < -0.4 is 10.6 Å². The molecule has 0 aliphatic carbocycles. The second-order valence-electron chi connectivity index (χ2n) is 8.77. The van der Waals surface area contributed by atoms with Crippen molar-refractivity contribution in [2.45, 2.75) is 12.7 Å². The maximum absolute atomic E-state index is 13.8. The maximum Gasteiger partial charge on any atom is 0.417 e. The molecule has 182 valence electrons. The molecule has 0 amide bonds. The number of aromatic nitrogens is 4. The minimum atomic E-state index is -4.62. The Morgan fingerprint density at radius 1 is 1.06 bits per heavy atom. The summed E-state index contributed by atoms with van der Waals surface area (Å²) in [5.41, 5.74) is 6.24. The number of piperazine rings is 1. The number of pyridine rings is 1. The first-order valence-corrected chi connectivity index (χ1v) is 11.2. The first kappa shape index (κ1) is 22.8. The molecule has 34 heavy (non-hydrogen) atoms. The zero-order valence-corrected chi connectivity index (χ0v) is 18.9. The molecule has 0 bridgehead atoms. The molecule has 0 spiro atoms. The Bertz CT molecular complexity index is 1170. The summed E-state index contributed by atoms with van der Waals surface area (Å²) in [5, 5.41) is 4.47. The Hall–Kier alpha value is -2.96. The van der Waals surface area contributed by atoms with Crippen LogP contribution in [0.1, 0.15) is 11.1 Å². The molecule has 2 N–H and O–H groups in total. The molecule has 5 heterocycles. The van der Waals surface area contributed by atoms with Crippen LogP contribution in [0, 0.1) is 0 Å². The molecule has 0 radical (unpaired) electrons. The Labute approximate surface area is 194 Å². The third kappa shape index (κ3) is 4.65. The van der Waals surface area contributed by atoms with E-state index in [9.17, 15) is 13.2 Å². The fraction of sp³-hybridized carbons (Fsp3) is 0.500. The lowest BCUT2D eigenvalue weighted by Crippen LogP contribution is -2.43. The number of likely N-dealkylation sites (N-methyl/N-ethyl adjacent to an activating group) is 1. The highest BCUT2D eigenvalue weighted by molar-refractivity contribution is 5.73. The number of ether oxygens (including phenoxy) is 1. The zero-order valence-electron chi connectivity index (χ0n) is 18.9. The van der Waals surface area contributed by atoms with E-state index in [1.807, 2.05) is 17.2 Å². The Balaban J connectivity index is 1.58. The monoisotopic (exact) mass is 476 g/mol. The van der Waals surface area contributed by atoms with E-state index in [-0.39, 0.29) is 17.2 Å². The van der Waals surface area contributed by atoms with Gasteiger partial charge in [0.05, 0.1) is 24.3 Å². The summed E-state index contributed by atoms with van der Waals surface area (Å²) in [7, 11) is 2.11. The quantitative estimate of drug-likeness (QED) is 0.612. The van der Waals surface area contributed by atoms with Gasteiger partial charge in [0.2, 0.25) is 0 Å². The first-order valence-electron chi connectivity index (χ1n) is 11.2. The van der Waals surface area contributed by atoms with E-state index in [0.29, 0.717) is 32.1 Å². The van der Waals surface area contributed by atoms with Crippen molar-refractivity contribution in [3.8, 4) is 11.4 Å². The van der Waals surface area contributed by atoms with Gasteiger partial charge < -0.3 is 20.3 Å². The molecule has 3 aromatic heterocycles. The summed E-state index contributed by atoms with van der Waals surface area (Å²) in [5.74, 6) is 0.333. The second-order valence-corrected chi connectivity index (χ2v) is 8.77. The largest absolute Gasteiger partial charge is 0.417 e. The highest BCUT2D eigenvalue weighted by Crippen LogP contribution is 2.37. The fourth-order valence-electron chi connectivity index (χ4n) is 4.39. The number of fused-ring (bicyclic) bond motifs is 1. The van der Waals surface area contributed by atoms with Crippen molar-refractivity contribution in [2.24, 2.45) is 0 Å². The fourth-order valence-corrected chi connectivity index (χ4v) is 4.39. The highest BCUT2D eigenvalue weighted by atomic mass is 19.4. The van der Waals surface area contributed by atoms with Crippen molar-refractivity contribution in [1.29, 1.82) is 0 Å². The molecule has 9 nitrogen and oxygen atoms in total. The summed E-state index contributed by atoms with van der Waals surface area (Å²) < 4.78 is 48.5. The van der Waals surface area contributed by atoms with E-state index >= 15 is 0 Å². The molecule has 12 heteroatoms. The lowest BCUT2D eigenvalue weighted by Gasteiger charge is -2.32. The third-order valence-electron chi connectivity index (χ3n) is 6.28. The van der Waals surface area contributed by atoms with E-state index in [1.54, 1.807) is 4.52 Å². The van der Waals surface area contributed by atoms with Crippen LogP contribution in [0.2, 0.25) is 0 Å². The van der Waals surface area contributed by atoms with Gasteiger partial charge in [-0.25, -0.2) is 14.5 Å². The minimum absolute atomic E-state index is 0.0458. The molecule has 0 unspecified atom stereocenters. The number of alkyl halides is 3. The van der Waals surface area contributed by atoms with E-state index < -0.39 is 11.7 Å². The van der Waals surface area contributed by atoms with Gasteiger partial charge in [-0.2, -0.15) is 13.2 Å². The van der Waals surface area contributed by atoms with Crippen molar-refractivity contribution in [3.05, 3.63) is 35.7 Å². The standard InChI is InChI=1S/C22H27F3N8O/c1-30-2-4-31(5-3-30)13-15-10-18-21(32-6-8-34-9-7-32)28-20(29-33(18)14-15)16-12-27-19(26)11-17(16)22(23,24)25/h10-12,14H,2-9,13H2,1H3,(H2,26,27). The van der Waals surface area contributed by atoms with Crippen LogP contribution in [0.3, 0.4) is 0 Å². The summed E-state index contributed by atoms with van der Waals surface area (Å²) >= 11 is 0. The number of nitrogens with two attached hydrogens (primary N) is 1. The number of nitrogens with zero attached hydrogens (tertiary/aromatic N) is 7. The summed E-state index contributed by atoms with van der Waals surface area (Å²) in [6.07, 6.45) is -1.65.